The number of allylic oxidation sites excluding steroid dienone is 1. The summed E-state index contributed by atoms with van der Waals surface area (Å²) in [6.45, 7) is 4.24. The van der Waals surface area contributed by atoms with Gasteiger partial charge >= 0.3 is 0 Å². The van der Waals surface area contributed by atoms with E-state index in [1.54, 1.807) is 11.8 Å². The molecule has 0 saturated heterocycles. The molecular formula is C13H15Cl2NOS. The molecule has 0 spiro atoms. The number of rotatable bonds is 3. The molecule has 1 heterocycles. The molecule has 5 heteroatoms. The number of nitrogens with zero attached hydrogens (tertiary/aromatic N) is 1. The lowest BCUT2D eigenvalue weighted by atomic mass is 10.1. The normalized spacial score (nSPS) is 16.0. The highest BCUT2D eigenvalue weighted by Gasteiger charge is 2.28. The van der Waals surface area contributed by atoms with Crippen molar-refractivity contribution in [3.63, 3.8) is 0 Å². The molecule has 0 bridgehead atoms. The van der Waals surface area contributed by atoms with Crippen molar-refractivity contribution in [2.24, 2.45) is 5.92 Å². The summed E-state index contributed by atoms with van der Waals surface area (Å²) in [5.41, 5.74) is 1.69. The maximum absolute atomic E-state index is 9.60. The monoisotopic (exact) mass is 303 g/mol. The maximum atomic E-state index is 9.60. The topological polar surface area (TPSA) is 23.5 Å². The van der Waals surface area contributed by atoms with Gasteiger partial charge in [0.15, 0.2) is 0 Å². The van der Waals surface area contributed by atoms with Gasteiger partial charge in [0.2, 0.25) is 0 Å². The average Bonchev–Trinajstić information content (AvgIpc) is 2.72. The summed E-state index contributed by atoms with van der Waals surface area (Å²) >= 11 is 14.2. The molecule has 0 fully saturated rings. The summed E-state index contributed by atoms with van der Waals surface area (Å²) < 4.78 is 0. The van der Waals surface area contributed by atoms with E-state index in [1.165, 1.54) is 4.91 Å². The van der Waals surface area contributed by atoms with Gasteiger partial charge in [-0.05, 0) is 18.1 Å². The Hall–Kier alpha value is -0.350. The lowest BCUT2D eigenvalue weighted by molar-refractivity contribution is 0.327. The number of benzene rings is 1. The molecule has 0 unspecified atom stereocenters. The van der Waals surface area contributed by atoms with Gasteiger partial charge in [0.1, 0.15) is 0 Å². The van der Waals surface area contributed by atoms with Crippen molar-refractivity contribution in [1.82, 2.24) is 0 Å². The molecule has 1 aliphatic heterocycles. The van der Waals surface area contributed by atoms with Crippen LogP contribution in [0.2, 0.25) is 10.0 Å². The van der Waals surface area contributed by atoms with Gasteiger partial charge in [-0.3, -0.25) is 0 Å². The number of aliphatic hydroxyl groups is 1. The first kappa shape index (κ1) is 14.1. The molecule has 0 aliphatic carbocycles. The number of halogens is 2. The van der Waals surface area contributed by atoms with Crippen molar-refractivity contribution < 1.29 is 5.11 Å². The van der Waals surface area contributed by atoms with Crippen LogP contribution < -0.4 is 4.90 Å². The first-order valence-electron chi connectivity index (χ1n) is 5.74. The fraction of sp³-hybridized carbons (Fsp3) is 0.385. The Bertz CT molecular complexity index is 468. The Labute approximate surface area is 122 Å². The highest BCUT2D eigenvalue weighted by molar-refractivity contribution is 8.03. The number of aliphatic hydroxyl groups excluding tert-OH is 1. The number of hydrogen-bond acceptors (Lipinski definition) is 3. The van der Waals surface area contributed by atoms with Crippen LogP contribution in [0.25, 0.3) is 0 Å². The zero-order valence-electron chi connectivity index (χ0n) is 10.3. The molecule has 0 aromatic heterocycles. The van der Waals surface area contributed by atoms with Crippen LogP contribution in [0.5, 0.6) is 0 Å². The maximum Gasteiger partial charge on any atom is 0.0841 e. The highest BCUT2D eigenvalue weighted by Crippen LogP contribution is 2.44. The van der Waals surface area contributed by atoms with Crippen molar-refractivity contribution in [3.8, 4) is 0 Å². The Morgan fingerprint density at radius 1 is 1.33 bits per heavy atom. The van der Waals surface area contributed by atoms with E-state index in [0.29, 0.717) is 16.0 Å². The second kappa shape index (κ2) is 5.74. The van der Waals surface area contributed by atoms with E-state index in [1.807, 2.05) is 23.1 Å². The van der Waals surface area contributed by atoms with Crippen LogP contribution in [0, 0.1) is 5.92 Å². The van der Waals surface area contributed by atoms with Gasteiger partial charge in [-0.2, -0.15) is 0 Å². The third-order valence-electron chi connectivity index (χ3n) is 2.84. The predicted octanol–water partition coefficient (Wildman–Crippen LogP) is 4.36. The average molecular weight is 304 g/mol. The largest absolute Gasteiger partial charge is 0.390 e. The number of hydrogen-bond donors (Lipinski definition) is 1. The molecule has 0 saturated carbocycles. The van der Waals surface area contributed by atoms with E-state index in [2.05, 4.69) is 13.8 Å². The Morgan fingerprint density at radius 3 is 2.44 bits per heavy atom. The molecule has 1 N–H and O–H groups in total. The number of anilines is 1. The van der Waals surface area contributed by atoms with Crippen LogP contribution in [0.1, 0.15) is 13.8 Å². The van der Waals surface area contributed by atoms with Crippen LogP contribution in [0.3, 0.4) is 0 Å². The molecule has 2 nitrogen and oxygen atoms in total. The summed E-state index contributed by atoms with van der Waals surface area (Å²) in [4.78, 5) is 3.21. The lowest BCUT2D eigenvalue weighted by Crippen LogP contribution is -2.21. The molecule has 18 heavy (non-hydrogen) atoms. The number of para-hydroxylation sites is 1. The molecule has 2 rings (SSSR count). The molecule has 1 aromatic carbocycles. The minimum Gasteiger partial charge on any atom is -0.390 e. The van der Waals surface area contributed by atoms with Gasteiger partial charge in [0, 0.05) is 4.91 Å². The Balaban J connectivity index is 2.47. The molecule has 1 aliphatic rings. The minimum absolute atomic E-state index is 0.00205. The molecule has 1 aromatic rings. The van der Waals surface area contributed by atoms with E-state index >= 15 is 0 Å². The van der Waals surface area contributed by atoms with Gasteiger partial charge in [-0.15, -0.1) is 11.8 Å². The Morgan fingerprint density at radius 2 is 1.94 bits per heavy atom. The number of thioether (sulfide) groups is 1. The van der Waals surface area contributed by atoms with Crippen LogP contribution in [-0.4, -0.2) is 17.6 Å². The summed E-state index contributed by atoms with van der Waals surface area (Å²) in [6, 6.07) is 5.45. The SMILES string of the molecule is CC(C)C1=C(CO)N(c2c(Cl)cccc2Cl)CS1. The third-order valence-corrected chi connectivity index (χ3v) is 4.86. The summed E-state index contributed by atoms with van der Waals surface area (Å²) in [7, 11) is 0. The van der Waals surface area contributed by atoms with Crippen LogP contribution in [0.4, 0.5) is 5.69 Å². The summed E-state index contributed by atoms with van der Waals surface area (Å²) in [6.07, 6.45) is 0. The van der Waals surface area contributed by atoms with E-state index in [9.17, 15) is 5.11 Å². The highest BCUT2D eigenvalue weighted by atomic mass is 35.5. The predicted molar refractivity (Wildman–Crippen MR) is 80.3 cm³/mol. The van der Waals surface area contributed by atoms with E-state index in [-0.39, 0.29) is 6.61 Å². The van der Waals surface area contributed by atoms with Gasteiger partial charge < -0.3 is 10.0 Å². The van der Waals surface area contributed by atoms with Crippen LogP contribution in [0.15, 0.2) is 28.8 Å². The van der Waals surface area contributed by atoms with Gasteiger partial charge in [-0.1, -0.05) is 43.1 Å². The molecule has 0 atom stereocenters. The second-order valence-electron chi connectivity index (χ2n) is 4.40. The van der Waals surface area contributed by atoms with Crippen molar-refractivity contribution in [1.29, 1.82) is 0 Å². The van der Waals surface area contributed by atoms with Crippen molar-refractivity contribution in [2.75, 3.05) is 17.4 Å². The quantitative estimate of drug-likeness (QED) is 0.897. The summed E-state index contributed by atoms with van der Waals surface area (Å²) in [5.74, 6) is 1.13. The lowest BCUT2D eigenvalue weighted by Gasteiger charge is -2.23. The molecule has 0 radical (unpaired) electrons. The summed E-state index contributed by atoms with van der Waals surface area (Å²) in [5, 5.41) is 10.8. The first-order chi connectivity index (χ1) is 8.56. The van der Waals surface area contributed by atoms with Crippen LogP contribution in [-0.2, 0) is 0 Å². The zero-order chi connectivity index (χ0) is 13.3. The fourth-order valence-electron chi connectivity index (χ4n) is 2.04. The minimum atomic E-state index is 0.00205. The molecular weight excluding hydrogens is 289 g/mol. The second-order valence-corrected chi connectivity index (χ2v) is 6.20. The van der Waals surface area contributed by atoms with Gasteiger partial charge in [-0.25, -0.2) is 0 Å². The molecule has 0 amide bonds. The van der Waals surface area contributed by atoms with E-state index in [4.69, 9.17) is 23.2 Å². The smallest absolute Gasteiger partial charge is 0.0841 e. The van der Waals surface area contributed by atoms with E-state index < -0.39 is 0 Å². The van der Waals surface area contributed by atoms with Crippen molar-refractivity contribution >= 4 is 40.7 Å². The van der Waals surface area contributed by atoms with Crippen LogP contribution >= 0.6 is 35.0 Å². The van der Waals surface area contributed by atoms with Crippen molar-refractivity contribution in [2.45, 2.75) is 13.8 Å². The Kier molecular flexibility index (Phi) is 4.49. The van der Waals surface area contributed by atoms with Gasteiger partial charge in [0.25, 0.3) is 0 Å². The van der Waals surface area contributed by atoms with E-state index in [0.717, 1.165) is 17.3 Å². The standard InChI is InChI=1S/C13H15Cl2NOS/c1-8(2)13-11(6-17)16(7-18-13)12-9(14)4-3-5-10(12)15/h3-5,8,17H,6-7H2,1-2H3. The van der Waals surface area contributed by atoms with Gasteiger partial charge in [0.05, 0.1) is 33.9 Å². The third kappa shape index (κ3) is 2.50. The first-order valence-corrected chi connectivity index (χ1v) is 7.48. The zero-order valence-corrected chi connectivity index (χ0v) is 12.6. The van der Waals surface area contributed by atoms with Crippen molar-refractivity contribution in [3.05, 3.63) is 38.8 Å². The molecule has 98 valence electrons. The fourth-order valence-corrected chi connectivity index (χ4v) is 3.87.